The van der Waals surface area contributed by atoms with Crippen molar-refractivity contribution in [3.63, 3.8) is 0 Å². The molecule has 0 radical (unpaired) electrons. The largest absolute Gasteiger partial charge is 0.496 e. The summed E-state index contributed by atoms with van der Waals surface area (Å²) in [6.45, 7) is 1.10. The summed E-state index contributed by atoms with van der Waals surface area (Å²) in [6.07, 6.45) is 0.772. The normalized spacial score (nSPS) is 14.5. The number of carbonyl (C=O) groups excluding carboxylic acids is 1. The minimum Gasteiger partial charge on any atom is -0.496 e. The van der Waals surface area contributed by atoms with E-state index >= 15 is 4.39 Å². The number of benzene rings is 3. The van der Waals surface area contributed by atoms with Gasteiger partial charge in [-0.1, -0.05) is 53.5 Å². The van der Waals surface area contributed by atoms with Gasteiger partial charge in [0.25, 0.3) is 5.91 Å². The van der Waals surface area contributed by atoms with E-state index in [4.69, 9.17) is 33.0 Å². The molecule has 0 fully saturated rings. The molecule has 4 N–H and O–H groups in total. The lowest BCUT2D eigenvalue weighted by molar-refractivity contribution is 0.102. The van der Waals surface area contributed by atoms with E-state index in [0.29, 0.717) is 69.5 Å². The molecule has 1 aliphatic heterocycles. The molecule has 1 amide bonds. The van der Waals surface area contributed by atoms with E-state index in [0.717, 1.165) is 6.42 Å². The van der Waals surface area contributed by atoms with Gasteiger partial charge in [0.1, 0.15) is 11.6 Å². The number of rotatable bonds is 9. The van der Waals surface area contributed by atoms with Gasteiger partial charge in [-0.05, 0) is 42.7 Å². The van der Waals surface area contributed by atoms with Gasteiger partial charge in [-0.3, -0.25) is 9.48 Å². The van der Waals surface area contributed by atoms with Crippen LogP contribution < -0.4 is 15.4 Å². The Morgan fingerprint density at radius 3 is 2.59 bits per heavy atom. The number of fused-ring (bicyclic) bond motifs is 1. The van der Waals surface area contributed by atoms with Crippen molar-refractivity contribution < 1.29 is 24.1 Å². The van der Waals surface area contributed by atoms with Gasteiger partial charge >= 0.3 is 0 Å². The Kier molecular flexibility index (Phi) is 8.91. The maximum Gasteiger partial charge on any atom is 0.276 e. The quantitative estimate of drug-likeness (QED) is 0.180. The first kappa shape index (κ1) is 29.0. The van der Waals surface area contributed by atoms with Gasteiger partial charge < -0.3 is 25.6 Å². The molecule has 11 heteroatoms. The van der Waals surface area contributed by atoms with Crippen LogP contribution in [-0.4, -0.2) is 46.2 Å². The first-order valence-electron chi connectivity index (χ1n) is 13.1. The molecule has 0 spiro atoms. The zero-order valence-electron chi connectivity index (χ0n) is 22.3. The number of methoxy groups -OCH3 is 1. The third-order valence-electron chi connectivity index (χ3n) is 7.04. The van der Waals surface area contributed by atoms with Crippen molar-refractivity contribution in [2.45, 2.75) is 32.0 Å². The van der Waals surface area contributed by atoms with Crippen LogP contribution in [0.4, 0.5) is 10.1 Å². The Morgan fingerprint density at radius 1 is 1.12 bits per heavy atom. The van der Waals surface area contributed by atoms with Crippen LogP contribution in [0.15, 0.2) is 54.6 Å². The maximum absolute atomic E-state index is 15.1. The number of carbonyl (C=O) groups is 1. The van der Waals surface area contributed by atoms with Crippen LogP contribution in [0.25, 0.3) is 22.3 Å². The first-order chi connectivity index (χ1) is 19.8. The molecule has 1 aliphatic rings. The number of aryl methyl sites for hydroxylation is 1. The van der Waals surface area contributed by atoms with Gasteiger partial charge in [0.15, 0.2) is 5.69 Å². The van der Waals surface area contributed by atoms with Crippen molar-refractivity contribution in [2.24, 2.45) is 0 Å². The molecule has 1 atom stereocenters. The number of aliphatic hydroxyl groups excluding tert-OH is 2. The average molecular weight is 599 g/mol. The van der Waals surface area contributed by atoms with Crippen LogP contribution in [0, 0.1) is 5.82 Å². The van der Waals surface area contributed by atoms with Crippen LogP contribution in [0.1, 0.15) is 40.7 Å². The van der Waals surface area contributed by atoms with Crippen molar-refractivity contribution in [3.8, 4) is 28.0 Å². The Hall–Kier alpha value is -3.47. The maximum atomic E-state index is 15.1. The lowest BCUT2D eigenvalue weighted by atomic mass is 9.97. The molecule has 0 bridgehead atoms. The summed E-state index contributed by atoms with van der Waals surface area (Å²) < 4.78 is 22.2. The van der Waals surface area contributed by atoms with E-state index in [1.807, 2.05) is 0 Å². The van der Waals surface area contributed by atoms with Crippen molar-refractivity contribution in [1.82, 2.24) is 15.1 Å². The monoisotopic (exact) mass is 598 g/mol. The fourth-order valence-electron chi connectivity index (χ4n) is 4.97. The van der Waals surface area contributed by atoms with Crippen LogP contribution in [-0.2, 0) is 13.1 Å². The molecule has 8 nitrogen and oxygen atoms in total. The molecule has 0 aliphatic carbocycles. The van der Waals surface area contributed by atoms with Gasteiger partial charge in [-0.15, -0.1) is 0 Å². The Balaban J connectivity index is 1.45. The number of anilines is 1. The average Bonchev–Trinajstić information content (AvgIpc) is 3.41. The SMILES string of the molecule is COc1cc(-c2cccc(-c3cccc(NC(=O)c4cc5n(n4)CCCC5O)c3Cl)c2Cl)cc(F)c1CNCCO. The number of halogens is 3. The second-order valence-corrected chi connectivity index (χ2v) is 10.4. The predicted molar refractivity (Wildman–Crippen MR) is 157 cm³/mol. The fraction of sp³-hybridized carbons (Fsp3) is 0.267. The summed E-state index contributed by atoms with van der Waals surface area (Å²) in [5.74, 6) is -0.570. The van der Waals surface area contributed by atoms with Crippen molar-refractivity contribution in [1.29, 1.82) is 0 Å². The zero-order valence-corrected chi connectivity index (χ0v) is 23.8. The standard InChI is InChI=1S/C30H29Cl2FN4O4/c1-41-27-14-17(13-22(33)21(27)16-34-10-12-38)18-5-2-6-19(28(18)31)20-7-3-8-23(29(20)32)35-30(40)24-15-25-26(39)9-4-11-37(25)36-24/h2-3,5-8,13-15,26,34,38-39H,4,9-12,16H2,1H3,(H,35,40). The number of ether oxygens (including phenoxy) is 1. The number of nitrogens with one attached hydrogen (secondary N) is 2. The number of aromatic nitrogens is 2. The number of amides is 1. The molecule has 4 aromatic rings. The Labute approximate surface area is 246 Å². The second-order valence-electron chi connectivity index (χ2n) is 9.66. The van der Waals surface area contributed by atoms with Gasteiger partial charge in [0, 0.05) is 41.9 Å². The highest BCUT2D eigenvalue weighted by Gasteiger charge is 2.24. The fourth-order valence-corrected chi connectivity index (χ4v) is 5.58. The summed E-state index contributed by atoms with van der Waals surface area (Å²) in [5.41, 5.74) is 3.78. The smallest absolute Gasteiger partial charge is 0.276 e. The van der Waals surface area contributed by atoms with Gasteiger partial charge in [-0.2, -0.15) is 5.10 Å². The van der Waals surface area contributed by atoms with Crippen molar-refractivity contribution >= 4 is 34.8 Å². The van der Waals surface area contributed by atoms with Gasteiger partial charge in [0.05, 0.1) is 41.2 Å². The Bertz CT molecular complexity index is 1590. The highest BCUT2D eigenvalue weighted by molar-refractivity contribution is 6.39. The minimum absolute atomic E-state index is 0.0622. The molecule has 41 heavy (non-hydrogen) atoms. The first-order valence-corrected chi connectivity index (χ1v) is 13.9. The summed E-state index contributed by atoms with van der Waals surface area (Å²) in [5, 5.41) is 30.0. The topological polar surface area (TPSA) is 109 Å². The third kappa shape index (κ3) is 5.95. The molecular formula is C30H29Cl2FN4O4. The van der Waals surface area contributed by atoms with E-state index in [9.17, 15) is 9.90 Å². The molecule has 5 rings (SSSR count). The van der Waals surface area contributed by atoms with Crippen LogP contribution in [0.5, 0.6) is 5.75 Å². The molecule has 0 saturated heterocycles. The molecule has 3 aromatic carbocycles. The predicted octanol–water partition coefficient (Wildman–Crippen LogP) is 5.83. The molecule has 0 saturated carbocycles. The molecule has 2 heterocycles. The van der Waals surface area contributed by atoms with E-state index < -0.39 is 17.8 Å². The number of nitrogens with zero attached hydrogens (tertiary/aromatic N) is 2. The highest BCUT2D eigenvalue weighted by Crippen LogP contribution is 2.42. The molecule has 214 valence electrons. The number of hydrogen-bond acceptors (Lipinski definition) is 6. The second kappa shape index (κ2) is 12.6. The summed E-state index contributed by atoms with van der Waals surface area (Å²) in [4.78, 5) is 13.0. The summed E-state index contributed by atoms with van der Waals surface area (Å²) in [6, 6.07) is 15.3. The summed E-state index contributed by atoms with van der Waals surface area (Å²) in [7, 11) is 1.46. The number of aliphatic hydroxyl groups is 2. The van der Waals surface area contributed by atoms with Crippen LogP contribution in [0.3, 0.4) is 0 Å². The van der Waals surface area contributed by atoms with E-state index in [-0.39, 0.29) is 23.9 Å². The summed E-state index contributed by atoms with van der Waals surface area (Å²) >= 11 is 13.7. The van der Waals surface area contributed by atoms with Gasteiger partial charge in [0.2, 0.25) is 0 Å². The minimum atomic E-state index is -0.647. The highest BCUT2D eigenvalue weighted by atomic mass is 35.5. The lowest BCUT2D eigenvalue weighted by Crippen LogP contribution is -2.18. The van der Waals surface area contributed by atoms with Crippen molar-refractivity contribution in [3.05, 3.63) is 87.4 Å². The van der Waals surface area contributed by atoms with Crippen molar-refractivity contribution in [2.75, 3.05) is 25.6 Å². The third-order valence-corrected chi connectivity index (χ3v) is 7.86. The van der Waals surface area contributed by atoms with E-state index in [2.05, 4.69) is 15.7 Å². The van der Waals surface area contributed by atoms with Gasteiger partial charge in [-0.25, -0.2) is 4.39 Å². The van der Waals surface area contributed by atoms with Crippen LogP contribution >= 0.6 is 23.2 Å². The molecular weight excluding hydrogens is 570 g/mol. The number of hydrogen-bond donors (Lipinski definition) is 4. The zero-order chi connectivity index (χ0) is 29.1. The lowest BCUT2D eigenvalue weighted by Gasteiger charge is -2.18. The van der Waals surface area contributed by atoms with E-state index in [1.54, 1.807) is 53.2 Å². The molecule has 1 unspecified atom stereocenters. The van der Waals surface area contributed by atoms with Crippen LogP contribution in [0.2, 0.25) is 10.0 Å². The molecule has 1 aromatic heterocycles. The Morgan fingerprint density at radius 2 is 1.85 bits per heavy atom. The van der Waals surface area contributed by atoms with E-state index in [1.165, 1.54) is 13.2 Å².